The van der Waals surface area contributed by atoms with Gasteiger partial charge in [0.15, 0.2) is 0 Å². The number of nitrogens with zero attached hydrogens (tertiary/aromatic N) is 1. The van der Waals surface area contributed by atoms with Crippen LogP contribution in [-0.2, 0) is 4.79 Å². The number of thiazole rings is 1. The number of amides is 2. The van der Waals surface area contributed by atoms with E-state index in [1.807, 2.05) is 0 Å². The molecular formula is C25H36N4O5S. The summed E-state index contributed by atoms with van der Waals surface area (Å²) in [5.41, 5.74) is 5.64. The summed E-state index contributed by atoms with van der Waals surface area (Å²) in [5, 5.41) is 17.1. The second kappa shape index (κ2) is 14.7. The molecule has 1 unspecified atom stereocenters. The van der Waals surface area contributed by atoms with E-state index in [4.69, 9.17) is 15.2 Å². The van der Waals surface area contributed by atoms with Crippen molar-refractivity contribution in [1.82, 2.24) is 10.3 Å². The van der Waals surface area contributed by atoms with Crippen LogP contribution in [0.25, 0.3) is 0 Å². The monoisotopic (exact) mass is 504 g/mol. The number of ether oxygens (including phenoxy) is 2. The average Bonchev–Trinajstić information content (AvgIpc) is 3.53. The van der Waals surface area contributed by atoms with Gasteiger partial charge in [0.05, 0.1) is 6.20 Å². The summed E-state index contributed by atoms with van der Waals surface area (Å²) in [6.45, 7) is 1.35. The fraction of sp³-hybridized carbons (Fsp3) is 0.560. The molecule has 1 aromatic carbocycles. The van der Waals surface area contributed by atoms with Crippen molar-refractivity contribution < 1.29 is 24.2 Å². The molecule has 5 N–H and O–H groups in total. The molecule has 1 fully saturated rings. The highest BCUT2D eigenvalue weighted by molar-refractivity contribution is 7.17. The molecule has 0 saturated heterocycles. The minimum absolute atomic E-state index is 0.00175. The molecule has 1 aliphatic rings. The molecule has 0 aliphatic heterocycles. The first kappa shape index (κ1) is 26.9. The van der Waals surface area contributed by atoms with E-state index in [0.717, 1.165) is 18.8 Å². The predicted octanol–water partition coefficient (Wildman–Crippen LogP) is 3.34. The molecule has 2 amide bonds. The van der Waals surface area contributed by atoms with Crippen LogP contribution in [-0.4, -0.2) is 54.3 Å². The smallest absolute Gasteiger partial charge is 0.275 e. The summed E-state index contributed by atoms with van der Waals surface area (Å²) in [5.74, 6) is 1.03. The van der Waals surface area contributed by atoms with Gasteiger partial charge in [0.2, 0.25) is 11.8 Å². The van der Waals surface area contributed by atoms with E-state index < -0.39 is 12.0 Å². The zero-order chi connectivity index (χ0) is 24.9. The molecule has 1 heterocycles. The van der Waals surface area contributed by atoms with Crippen LogP contribution >= 0.6 is 11.3 Å². The summed E-state index contributed by atoms with van der Waals surface area (Å²) in [4.78, 5) is 27.3. The lowest BCUT2D eigenvalue weighted by atomic mass is 10.00. The summed E-state index contributed by atoms with van der Waals surface area (Å²) in [7, 11) is 0. The van der Waals surface area contributed by atoms with E-state index in [0.29, 0.717) is 47.6 Å². The van der Waals surface area contributed by atoms with E-state index in [2.05, 4.69) is 15.6 Å². The topological polar surface area (TPSA) is 136 Å². The lowest BCUT2D eigenvalue weighted by Gasteiger charge is -2.12. The molecule has 192 valence electrons. The van der Waals surface area contributed by atoms with Crippen molar-refractivity contribution in [2.45, 2.75) is 57.5 Å². The van der Waals surface area contributed by atoms with Gasteiger partial charge in [0.25, 0.3) is 5.19 Å². The third-order valence-electron chi connectivity index (χ3n) is 5.95. The molecule has 1 atom stereocenters. The standard InChI is InChI=1S/C25H36N4O5S/c26-24(32)19-9-11-21(12-10-19)33-14-13-27-15-20(30)17-34-25-28-16-23(35-25)29-22(31)8-4-3-7-18-5-1-2-6-18/h9-12,16,18,20,27,30H,1-8,13-15,17H2,(H2,26,32)(H,29,31). The minimum Gasteiger partial charge on any atom is -0.492 e. The minimum atomic E-state index is -0.716. The Balaban J connectivity index is 1.22. The van der Waals surface area contributed by atoms with Gasteiger partial charge in [-0.2, -0.15) is 0 Å². The van der Waals surface area contributed by atoms with Gasteiger partial charge in [-0.25, -0.2) is 4.98 Å². The van der Waals surface area contributed by atoms with Gasteiger partial charge in [-0.3, -0.25) is 9.59 Å². The van der Waals surface area contributed by atoms with Crippen molar-refractivity contribution in [2.75, 3.05) is 31.6 Å². The highest BCUT2D eigenvalue weighted by Crippen LogP contribution is 2.29. The molecular weight excluding hydrogens is 468 g/mol. The average molecular weight is 505 g/mol. The molecule has 2 aromatic rings. The number of rotatable bonds is 16. The quantitative estimate of drug-likeness (QED) is 0.257. The number of anilines is 1. The lowest BCUT2D eigenvalue weighted by molar-refractivity contribution is -0.116. The normalized spacial score (nSPS) is 14.5. The number of hydrogen-bond donors (Lipinski definition) is 4. The summed E-state index contributed by atoms with van der Waals surface area (Å²) in [6, 6.07) is 6.59. The number of aromatic nitrogens is 1. The van der Waals surface area contributed by atoms with E-state index in [-0.39, 0.29) is 12.5 Å². The third kappa shape index (κ3) is 10.2. The van der Waals surface area contributed by atoms with Gasteiger partial charge >= 0.3 is 0 Å². The van der Waals surface area contributed by atoms with Crippen molar-refractivity contribution in [1.29, 1.82) is 0 Å². The second-order valence-electron chi connectivity index (χ2n) is 8.84. The molecule has 1 aromatic heterocycles. The Bertz CT molecular complexity index is 915. The molecule has 1 saturated carbocycles. The third-order valence-corrected chi connectivity index (χ3v) is 6.78. The fourth-order valence-corrected chi connectivity index (χ4v) is 4.74. The molecule has 10 heteroatoms. The number of aliphatic hydroxyl groups excluding tert-OH is 1. The first-order chi connectivity index (χ1) is 17.0. The maximum Gasteiger partial charge on any atom is 0.275 e. The van der Waals surface area contributed by atoms with E-state index in [1.165, 1.54) is 43.4 Å². The van der Waals surface area contributed by atoms with Crippen LogP contribution in [0.5, 0.6) is 10.9 Å². The summed E-state index contributed by atoms with van der Waals surface area (Å²) in [6.07, 6.45) is 10.1. The molecule has 1 aliphatic carbocycles. The zero-order valence-corrected chi connectivity index (χ0v) is 20.9. The van der Waals surface area contributed by atoms with Crippen molar-refractivity contribution in [3.63, 3.8) is 0 Å². The molecule has 0 radical (unpaired) electrons. The van der Waals surface area contributed by atoms with Crippen molar-refractivity contribution >= 4 is 28.2 Å². The first-order valence-corrected chi connectivity index (χ1v) is 13.1. The number of nitrogens with one attached hydrogen (secondary N) is 2. The van der Waals surface area contributed by atoms with Gasteiger partial charge in [-0.1, -0.05) is 49.9 Å². The summed E-state index contributed by atoms with van der Waals surface area (Å²) >= 11 is 1.25. The Morgan fingerprint density at radius 3 is 2.69 bits per heavy atom. The lowest BCUT2D eigenvalue weighted by Crippen LogP contribution is -2.33. The van der Waals surface area contributed by atoms with Crippen LogP contribution in [0.4, 0.5) is 5.00 Å². The van der Waals surface area contributed by atoms with E-state index in [1.54, 1.807) is 30.5 Å². The number of aliphatic hydroxyl groups is 1. The van der Waals surface area contributed by atoms with Crippen LogP contribution in [0.3, 0.4) is 0 Å². The van der Waals surface area contributed by atoms with Crippen LogP contribution in [0, 0.1) is 5.92 Å². The van der Waals surface area contributed by atoms with E-state index in [9.17, 15) is 14.7 Å². The number of unbranched alkanes of at least 4 members (excludes halogenated alkanes) is 1. The number of primary amides is 1. The van der Waals surface area contributed by atoms with E-state index >= 15 is 0 Å². The highest BCUT2D eigenvalue weighted by Gasteiger charge is 2.15. The Kier molecular flexibility index (Phi) is 11.3. The van der Waals surface area contributed by atoms with Gasteiger partial charge in [0, 0.05) is 25.1 Å². The molecule has 0 bridgehead atoms. The first-order valence-electron chi connectivity index (χ1n) is 12.3. The number of nitrogens with two attached hydrogens (primary N) is 1. The van der Waals surface area contributed by atoms with Gasteiger partial charge in [0.1, 0.15) is 30.1 Å². The van der Waals surface area contributed by atoms with Crippen molar-refractivity contribution in [3.8, 4) is 10.9 Å². The van der Waals surface area contributed by atoms with Crippen molar-refractivity contribution in [2.24, 2.45) is 11.7 Å². The Hall–Kier alpha value is -2.69. The molecule has 9 nitrogen and oxygen atoms in total. The maximum absolute atomic E-state index is 12.1. The second-order valence-corrected chi connectivity index (χ2v) is 9.83. The van der Waals surface area contributed by atoms with Gasteiger partial charge < -0.3 is 30.9 Å². The molecule has 3 rings (SSSR count). The molecule has 0 spiro atoms. The van der Waals surface area contributed by atoms with Crippen LogP contribution in [0.1, 0.15) is 61.7 Å². The maximum atomic E-state index is 12.1. The van der Waals surface area contributed by atoms with Crippen LogP contribution in [0.2, 0.25) is 0 Å². The largest absolute Gasteiger partial charge is 0.492 e. The Labute approximate surface area is 210 Å². The van der Waals surface area contributed by atoms with Crippen LogP contribution < -0.4 is 25.8 Å². The number of hydrogen-bond acceptors (Lipinski definition) is 8. The van der Waals surface area contributed by atoms with Gasteiger partial charge in [-0.15, -0.1) is 0 Å². The van der Waals surface area contributed by atoms with Gasteiger partial charge in [-0.05, 0) is 36.6 Å². The molecule has 35 heavy (non-hydrogen) atoms. The summed E-state index contributed by atoms with van der Waals surface area (Å²) < 4.78 is 11.1. The highest BCUT2D eigenvalue weighted by atomic mass is 32.1. The number of carbonyl (C=O) groups is 2. The number of carbonyl (C=O) groups excluding carboxylic acids is 2. The Morgan fingerprint density at radius 2 is 1.94 bits per heavy atom. The zero-order valence-electron chi connectivity index (χ0n) is 20.0. The van der Waals surface area contributed by atoms with Crippen molar-refractivity contribution in [3.05, 3.63) is 36.0 Å². The number of benzene rings is 1. The predicted molar refractivity (Wildman–Crippen MR) is 136 cm³/mol. The SMILES string of the molecule is NC(=O)c1ccc(OCCNCC(O)COc2ncc(NC(=O)CCCCC3CCCC3)s2)cc1. The Morgan fingerprint density at radius 1 is 1.17 bits per heavy atom. The van der Waals surface area contributed by atoms with Crippen LogP contribution in [0.15, 0.2) is 30.5 Å². The fourth-order valence-electron chi connectivity index (χ4n) is 4.05.